The highest BCUT2D eigenvalue weighted by atomic mass is 16.6. The first kappa shape index (κ1) is 30.6. The van der Waals surface area contributed by atoms with E-state index in [1.165, 1.54) is 16.7 Å². The maximum Gasteiger partial charge on any atom is 0.410 e. The van der Waals surface area contributed by atoms with E-state index in [2.05, 4.69) is 4.98 Å². The number of aromatic amines is 1. The Morgan fingerprint density at radius 1 is 1.05 bits per heavy atom. The summed E-state index contributed by atoms with van der Waals surface area (Å²) >= 11 is 0. The molecule has 0 radical (unpaired) electrons. The maximum absolute atomic E-state index is 12.6. The van der Waals surface area contributed by atoms with Gasteiger partial charge in [-0.25, -0.2) is 4.79 Å². The van der Waals surface area contributed by atoms with E-state index in [1.54, 1.807) is 60.7 Å². The third-order valence-corrected chi connectivity index (χ3v) is 7.19. The van der Waals surface area contributed by atoms with Crippen LogP contribution in [0.1, 0.15) is 33.6 Å². The van der Waals surface area contributed by atoms with Gasteiger partial charge in [0.2, 0.25) is 0 Å². The van der Waals surface area contributed by atoms with Gasteiger partial charge >= 0.3 is 6.09 Å². The highest BCUT2D eigenvalue weighted by Gasteiger charge is 2.27. The van der Waals surface area contributed by atoms with Gasteiger partial charge in [-0.05, 0) is 57.9 Å². The third-order valence-electron chi connectivity index (χ3n) is 7.19. The number of fused-ring (bicyclic) bond motifs is 1. The lowest BCUT2D eigenvalue weighted by atomic mass is 10.0. The number of hydrogen-bond donors (Lipinski definition) is 1. The molecule has 3 heterocycles. The zero-order valence-corrected chi connectivity index (χ0v) is 25.2. The molecule has 0 aliphatic carbocycles. The number of H-pyrrole nitrogens is 1. The predicted octanol–water partition coefficient (Wildman–Crippen LogP) is 6.03. The number of likely N-dealkylation sites (tertiary alicyclic amines) is 1. The Balaban J connectivity index is 1.22. The van der Waals surface area contributed by atoms with Crippen LogP contribution in [0.2, 0.25) is 0 Å². The van der Waals surface area contributed by atoms with E-state index in [0.29, 0.717) is 65.6 Å². The molecule has 0 bridgehead atoms. The molecule has 0 spiro atoms. The summed E-state index contributed by atoms with van der Waals surface area (Å²) in [5.41, 5.74) is 0.653. The number of hydrogen-bond acceptors (Lipinski definition) is 8. The number of nitrogens with one attached hydrogen (secondary N) is 1. The van der Waals surface area contributed by atoms with Gasteiger partial charge in [0.1, 0.15) is 35.0 Å². The number of rotatable bonds is 9. The number of aromatic nitrogens is 2. The van der Waals surface area contributed by atoms with E-state index in [4.69, 9.17) is 18.9 Å². The fourth-order valence-electron chi connectivity index (χ4n) is 5.07. The third kappa shape index (κ3) is 7.20. The van der Waals surface area contributed by atoms with Crippen LogP contribution >= 0.6 is 0 Å². The molecule has 1 N–H and O–H groups in total. The number of ether oxygens (including phenoxy) is 4. The Morgan fingerprint density at radius 3 is 2.52 bits per heavy atom. The SMILES string of the molecule is Cn1cc(-c2cc([N+](=O)[O-])ccc2Oc2cccc(OCCOC3CCN(C(=O)OC(C)(C)C)CC3)c2)c2cc[nH]c2c1=O. The van der Waals surface area contributed by atoms with Gasteiger partial charge < -0.3 is 33.4 Å². The summed E-state index contributed by atoms with van der Waals surface area (Å²) in [6, 6.07) is 13.2. The summed E-state index contributed by atoms with van der Waals surface area (Å²) in [7, 11) is 1.63. The summed E-state index contributed by atoms with van der Waals surface area (Å²) in [6.07, 6.45) is 4.50. The van der Waals surface area contributed by atoms with Crippen molar-refractivity contribution in [1.29, 1.82) is 0 Å². The number of pyridine rings is 1. The predicted molar refractivity (Wildman–Crippen MR) is 164 cm³/mol. The van der Waals surface area contributed by atoms with Crippen LogP contribution in [0.25, 0.3) is 22.0 Å². The number of carbonyl (C=O) groups is 1. The molecule has 12 heteroatoms. The number of carbonyl (C=O) groups excluding carboxylic acids is 1. The van der Waals surface area contributed by atoms with E-state index < -0.39 is 10.5 Å². The quantitative estimate of drug-likeness (QED) is 0.139. The lowest BCUT2D eigenvalue weighted by molar-refractivity contribution is -0.384. The van der Waals surface area contributed by atoms with Gasteiger partial charge in [0.25, 0.3) is 11.2 Å². The van der Waals surface area contributed by atoms with Crippen LogP contribution in [0.15, 0.2) is 65.7 Å². The molecule has 2 aromatic carbocycles. The zero-order chi connectivity index (χ0) is 31.4. The number of aryl methyl sites for hydroxylation is 1. The minimum Gasteiger partial charge on any atom is -0.491 e. The Labute approximate surface area is 254 Å². The molecule has 1 aliphatic heterocycles. The first-order chi connectivity index (χ1) is 21.0. The Kier molecular flexibility index (Phi) is 8.91. The van der Waals surface area contributed by atoms with Gasteiger partial charge in [-0.15, -0.1) is 0 Å². The second-order valence-corrected chi connectivity index (χ2v) is 11.6. The monoisotopic (exact) mass is 604 g/mol. The number of non-ortho nitro benzene ring substituents is 1. The average Bonchev–Trinajstić information content (AvgIpc) is 3.48. The van der Waals surface area contributed by atoms with Gasteiger partial charge in [-0.3, -0.25) is 14.9 Å². The molecule has 0 saturated carbocycles. The van der Waals surface area contributed by atoms with Gasteiger partial charge in [-0.2, -0.15) is 0 Å². The number of nitrogens with zero attached hydrogens (tertiary/aromatic N) is 3. The Bertz CT molecular complexity index is 1710. The van der Waals surface area contributed by atoms with Crippen LogP contribution in [0.3, 0.4) is 0 Å². The molecule has 1 saturated heterocycles. The fraction of sp³-hybridized carbons (Fsp3) is 0.375. The van der Waals surface area contributed by atoms with Crippen molar-refractivity contribution in [1.82, 2.24) is 14.5 Å². The first-order valence-electron chi connectivity index (χ1n) is 14.4. The molecular weight excluding hydrogens is 568 g/mol. The number of amides is 1. The van der Waals surface area contributed by atoms with Crippen LogP contribution in [-0.4, -0.2) is 63.5 Å². The van der Waals surface area contributed by atoms with E-state index in [9.17, 15) is 19.7 Å². The van der Waals surface area contributed by atoms with Crippen LogP contribution in [0.5, 0.6) is 17.2 Å². The molecule has 2 aromatic heterocycles. The molecule has 5 rings (SSSR count). The Morgan fingerprint density at radius 2 is 1.80 bits per heavy atom. The zero-order valence-electron chi connectivity index (χ0n) is 25.2. The van der Waals surface area contributed by atoms with Crippen LogP contribution in [0, 0.1) is 10.1 Å². The van der Waals surface area contributed by atoms with E-state index in [0.717, 1.165) is 12.8 Å². The van der Waals surface area contributed by atoms with Crippen molar-refractivity contribution in [2.24, 2.45) is 7.05 Å². The lowest BCUT2D eigenvalue weighted by Gasteiger charge is -2.33. The van der Waals surface area contributed by atoms with Crippen LogP contribution in [-0.2, 0) is 16.5 Å². The molecule has 1 fully saturated rings. The summed E-state index contributed by atoms with van der Waals surface area (Å²) < 4.78 is 25.0. The topological polar surface area (TPSA) is 138 Å². The van der Waals surface area contributed by atoms with Gasteiger partial charge in [0, 0.05) is 67.2 Å². The van der Waals surface area contributed by atoms with Crippen molar-refractivity contribution in [3.05, 3.63) is 81.4 Å². The smallest absolute Gasteiger partial charge is 0.410 e. The standard InChI is InChI=1S/C32H36N4O8/c1-32(2,3)44-31(38)35-14-11-22(12-15-35)41-16-17-42-23-6-5-7-24(19-23)43-28-9-8-21(36(39)40)18-26(28)27-20-34(4)30(37)29-25(27)10-13-33-29/h5-10,13,18-20,22,33H,11-12,14-17H2,1-4H3. The van der Waals surface area contributed by atoms with E-state index in [-0.39, 0.29) is 23.4 Å². The fourth-order valence-corrected chi connectivity index (χ4v) is 5.07. The van der Waals surface area contributed by atoms with Crippen LogP contribution < -0.4 is 15.0 Å². The second-order valence-electron chi connectivity index (χ2n) is 11.6. The number of nitro groups is 1. The van der Waals surface area contributed by atoms with Crippen molar-refractivity contribution in [3.63, 3.8) is 0 Å². The largest absolute Gasteiger partial charge is 0.491 e. The number of nitro benzene ring substituents is 1. The molecule has 4 aromatic rings. The first-order valence-corrected chi connectivity index (χ1v) is 14.4. The summed E-state index contributed by atoms with van der Waals surface area (Å²) in [5.74, 6) is 1.43. The molecule has 12 nitrogen and oxygen atoms in total. The van der Waals surface area contributed by atoms with Crippen LogP contribution in [0.4, 0.5) is 10.5 Å². The van der Waals surface area contributed by atoms with Gasteiger partial charge in [0.05, 0.1) is 17.6 Å². The molecule has 0 unspecified atom stereocenters. The van der Waals surface area contributed by atoms with Crippen molar-refractivity contribution in [2.75, 3.05) is 26.3 Å². The molecule has 232 valence electrons. The van der Waals surface area contributed by atoms with Crippen molar-refractivity contribution in [3.8, 4) is 28.4 Å². The summed E-state index contributed by atoms with van der Waals surface area (Å²) in [5, 5.41) is 12.2. The summed E-state index contributed by atoms with van der Waals surface area (Å²) in [6.45, 7) is 7.43. The molecular formula is C32H36N4O8. The normalized spacial score (nSPS) is 14.0. The van der Waals surface area contributed by atoms with E-state index in [1.807, 2.05) is 20.8 Å². The lowest BCUT2D eigenvalue weighted by Crippen LogP contribution is -2.43. The maximum atomic E-state index is 12.6. The highest BCUT2D eigenvalue weighted by Crippen LogP contribution is 2.39. The van der Waals surface area contributed by atoms with Crippen molar-refractivity contribution in [2.45, 2.75) is 45.3 Å². The highest BCUT2D eigenvalue weighted by molar-refractivity contribution is 5.96. The van der Waals surface area contributed by atoms with Crippen molar-refractivity contribution < 1.29 is 28.7 Å². The second kappa shape index (κ2) is 12.8. The average molecular weight is 605 g/mol. The number of piperidine rings is 1. The minimum absolute atomic E-state index is 0.0384. The molecule has 0 atom stereocenters. The number of benzene rings is 2. The van der Waals surface area contributed by atoms with E-state index >= 15 is 0 Å². The Hall–Kier alpha value is -4.84. The summed E-state index contributed by atoms with van der Waals surface area (Å²) in [4.78, 5) is 40.7. The molecule has 1 aliphatic rings. The van der Waals surface area contributed by atoms with Gasteiger partial charge in [0.15, 0.2) is 0 Å². The minimum atomic E-state index is -0.521. The molecule has 1 amide bonds. The van der Waals surface area contributed by atoms with Crippen molar-refractivity contribution >= 4 is 22.7 Å². The van der Waals surface area contributed by atoms with Gasteiger partial charge in [-0.1, -0.05) is 6.07 Å². The molecule has 44 heavy (non-hydrogen) atoms.